The number of benzene rings is 1. The SMILES string of the molecule is Cc1cc(C2C3=C(CCCC3=O)NC3=C2C(=O)OC3)ccc1Cl. The number of ketones is 1. The minimum atomic E-state index is -0.347. The maximum Gasteiger partial charge on any atom is 0.337 e. The Morgan fingerprint density at radius 2 is 2.00 bits per heavy atom. The lowest BCUT2D eigenvalue weighted by atomic mass is 9.75. The van der Waals surface area contributed by atoms with Gasteiger partial charge in [0.05, 0.1) is 11.3 Å². The first kappa shape index (κ1) is 14.5. The zero-order valence-corrected chi connectivity index (χ0v) is 13.5. The number of esters is 1. The van der Waals surface area contributed by atoms with Crippen molar-refractivity contribution in [2.45, 2.75) is 32.1 Å². The highest BCUT2D eigenvalue weighted by molar-refractivity contribution is 6.31. The van der Waals surface area contributed by atoms with Crippen LogP contribution in [0.3, 0.4) is 0 Å². The van der Waals surface area contributed by atoms with Crippen LogP contribution in [0, 0.1) is 6.92 Å². The Morgan fingerprint density at radius 1 is 1.17 bits per heavy atom. The smallest absolute Gasteiger partial charge is 0.337 e. The standard InChI is InChI=1S/C18H16ClNO3/c1-9-7-10(5-6-11(9)19)15-16-12(3-2-4-14(16)21)20-13-8-23-18(22)17(13)15/h5-7,15,20H,2-4,8H2,1H3. The van der Waals surface area contributed by atoms with Crippen molar-refractivity contribution in [3.8, 4) is 0 Å². The van der Waals surface area contributed by atoms with E-state index in [0.717, 1.165) is 40.9 Å². The first-order chi connectivity index (χ1) is 11.1. The number of carbonyl (C=O) groups excluding carboxylic acids is 2. The maximum absolute atomic E-state index is 12.6. The van der Waals surface area contributed by atoms with Gasteiger partial charge in [0.2, 0.25) is 0 Å². The molecule has 0 radical (unpaired) electrons. The van der Waals surface area contributed by atoms with Crippen LogP contribution in [-0.2, 0) is 14.3 Å². The predicted octanol–water partition coefficient (Wildman–Crippen LogP) is 3.15. The van der Waals surface area contributed by atoms with Crippen LogP contribution in [0.4, 0.5) is 0 Å². The Balaban J connectivity index is 1.91. The summed E-state index contributed by atoms with van der Waals surface area (Å²) in [6, 6.07) is 5.68. The van der Waals surface area contributed by atoms with E-state index in [1.54, 1.807) is 0 Å². The second kappa shape index (κ2) is 5.24. The van der Waals surface area contributed by atoms with Gasteiger partial charge in [-0.25, -0.2) is 4.79 Å². The van der Waals surface area contributed by atoms with Crippen molar-refractivity contribution in [1.82, 2.24) is 5.32 Å². The van der Waals surface area contributed by atoms with Crippen LogP contribution in [-0.4, -0.2) is 18.4 Å². The van der Waals surface area contributed by atoms with Crippen molar-refractivity contribution >= 4 is 23.4 Å². The van der Waals surface area contributed by atoms with Gasteiger partial charge in [0.15, 0.2) is 5.78 Å². The summed E-state index contributed by atoms with van der Waals surface area (Å²) < 4.78 is 5.21. The largest absolute Gasteiger partial charge is 0.456 e. The number of dihydropyridines is 1. The third-order valence-electron chi connectivity index (χ3n) is 4.74. The lowest BCUT2D eigenvalue weighted by Crippen LogP contribution is -2.32. The Labute approximate surface area is 139 Å². The molecule has 0 saturated heterocycles. The normalized spacial score (nSPS) is 23.5. The van der Waals surface area contributed by atoms with E-state index in [-0.39, 0.29) is 24.3 Å². The van der Waals surface area contributed by atoms with E-state index in [1.807, 2.05) is 25.1 Å². The van der Waals surface area contributed by atoms with E-state index >= 15 is 0 Å². The molecular formula is C18H16ClNO3. The zero-order valence-electron chi connectivity index (χ0n) is 12.7. The summed E-state index contributed by atoms with van der Waals surface area (Å²) in [5, 5.41) is 3.95. The van der Waals surface area contributed by atoms with E-state index < -0.39 is 0 Å². The van der Waals surface area contributed by atoms with Crippen LogP contribution in [0.5, 0.6) is 0 Å². The molecule has 1 aromatic carbocycles. The number of carbonyl (C=O) groups is 2. The number of ether oxygens (including phenoxy) is 1. The Hall–Kier alpha value is -2.07. The fourth-order valence-electron chi connectivity index (χ4n) is 3.65. The Bertz CT molecular complexity index is 806. The van der Waals surface area contributed by atoms with Gasteiger partial charge in [-0.1, -0.05) is 23.7 Å². The van der Waals surface area contributed by atoms with Gasteiger partial charge in [0.25, 0.3) is 0 Å². The Kier molecular flexibility index (Phi) is 3.31. The highest BCUT2D eigenvalue weighted by Crippen LogP contribution is 2.44. The lowest BCUT2D eigenvalue weighted by Gasteiger charge is -2.32. The van der Waals surface area contributed by atoms with Crippen molar-refractivity contribution < 1.29 is 14.3 Å². The molecule has 2 aliphatic heterocycles. The number of cyclic esters (lactones) is 1. The van der Waals surface area contributed by atoms with E-state index in [9.17, 15) is 9.59 Å². The van der Waals surface area contributed by atoms with Crippen LogP contribution in [0.1, 0.15) is 36.3 Å². The molecule has 1 N–H and O–H groups in total. The average molecular weight is 330 g/mol. The fourth-order valence-corrected chi connectivity index (χ4v) is 3.77. The third kappa shape index (κ3) is 2.20. The number of nitrogens with one attached hydrogen (secondary N) is 1. The first-order valence-electron chi connectivity index (χ1n) is 7.75. The van der Waals surface area contributed by atoms with Crippen LogP contribution in [0.25, 0.3) is 0 Å². The molecule has 1 unspecified atom stereocenters. The summed E-state index contributed by atoms with van der Waals surface area (Å²) >= 11 is 6.13. The van der Waals surface area contributed by atoms with E-state index in [4.69, 9.17) is 16.3 Å². The number of Topliss-reactive ketones (excluding diaryl/α,β-unsaturated/α-hetero) is 1. The molecule has 1 aromatic rings. The predicted molar refractivity (Wildman–Crippen MR) is 85.9 cm³/mol. The van der Waals surface area contributed by atoms with Gasteiger partial charge in [-0.2, -0.15) is 0 Å². The molecule has 2 heterocycles. The van der Waals surface area contributed by atoms with Crippen LogP contribution in [0.15, 0.2) is 40.7 Å². The second-order valence-electron chi connectivity index (χ2n) is 6.20. The van der Waals surface area contributed by atoms with Crippen LogP contribution >= 0.6 is 11.6 Å². The quantitative estimate of drug-likeness (QED) is 0.804. The fraction of sp³-hybridized carbons (Fsp3) is 0.333. The molecule has 4 nitrogen and oxygen atoms in total. The number of hydrogen-bond donors (Lipinski definition) is 1. The van der Waals surface area contributed by atoms with Crippen molar-refractivity contribution in [3.63, 3.8) is 0 Å². The van der Waals surface area contributed by atoms with Gasteiger partial charge >= 0.3 is 5.97 Å². The number of halogens is 1. The molecule has 0 aromatic heterocycles. The number of rotatable bonds is 1. The average Bonchev–Trinajstić information content (AvgIpc) is 2.90. The molecule has 23 heavy (non-hydrogen) atoms. The van der Waals surface area contributed by atoms with Crippen LogP contribution in [0.2, 0.25) is 5.02 Å². The molecule has 0 amide bonds. The van der Waals surface area contributed by atoms with Gasteiger partial charge in [0, 0.05) is 28.6 Å². The zero-order chi connectivity index (χ0) is 16.1. The van der Waals surface area contributed by atoms with E-state index in [2.05, 4.69) is 5.32 Å². The third-order valence-corrected chi connectivity index (χ3v) is 5.17. The summed E-state index contributed by atoms with van der Waals surface area (Å²) in [5.41, 5.74) is 4.87. The second-order valence-corrected chi connectivity index (χ2v) is 6.61. The molecule has 5 heteroatoms. The van der Waals surface area contributed by atoms with Gasteiger partial charge in [-0.3, -0.25) is 4.79 Å². The molecule has 4 rings (SSSR count). The molecule has 0 fully saturated rings. The molecular weight excluding hydrogens is 314 g/mol. The molecule has 3 aliphatic rings. The van der Waals surface area contributed by atoms with Gasteiger partial charge in [0.1, 0.15) is 6.61 Å². The number of aryl methyl sites for hydroxylation is 1. The van der Waals surface area contributed by atoms with Crippen molar-refractivity contribution in [1.29, 1.82) is 0 Å². The summed E-state index contributed by atoms with van der Waals surface area (Å²) in [6.45, 7) is 2.18. The first-order valence-corrected chi connectivity index (χ1v) is 8.13. The van der Waals surface area contributed by atoms with E-state index in [1.165, 1.54) is 0 Å². The molecule has 0 bridgehead atoms. The van der Waals surface area contributed by atoms with Crippen molar-refractivity contribution in [2.75, 3.05) is 6.61 Å². The molecule has 0 spiro atoms. The summed E-state index contributed by atoms with van der Waals surface area (Å²) in [6.07, 6.45) is 2.20. The number of hydrogen-bond acceptors (Lipinski definition) is 4. The summed E-state index contributed by atoms with van der Waals surface area (Å²) in [5.74, 6) is -0.572. The summed E-state index contributed by atoms with van der Waals surface area (Å²) in [4.78, 5) is 24.8. The highest BCUT2D eigenvalue weighted by Gasteiger charge is 2.42. The van der Waals surface area contributed by atoms with Crippen molar-refractivity contribution in [3.05, 3.63) is 56.9 Å². The summed E-state index contributed by atoms with van der Waals surface area (Å²) in [7, 11) is 0. The molecule has 1 aliphatic carbocycles. The topological polar surface area (TPSA) is 55.4 Å². The number of allylic oxidation sites excluding steroid dienone is 2. The highest BCUT2D eigenvalue weighted by atomic mass is 35.5. The lowest BCUT2D eigenvalue weighted by molar-refractivity contribution is -0.136. The van der Waals surface area contributed by atoms with Crippen LogP contribution < -0.4 is 5.32 Å². The van der Waals surface area contributed by atoms with E-state index in [0.29, 0.717) is 17.0 Å². The Morgan fingerprint density at radius 3 is 2.78 bits per heavy atom. The molecule has 1 atom stereocenters. The minimum absolute atomic E-state index is 0.114. The minimum Gasteiger partial charge on any atom is -0.456 e. The van der Waals surface area contributed by atoms with Gasteiger partial charge in [-0.15, -0.1) is 0 Å². The van der Waals surface area contributed by atoms with Gasteiger partial charge < -0.3 is 10.1 Å². The molecule has 118 valence electrons. The maximum atomic E-state index is 12.6. The van der Waals surface area contributed by atoms with Crippen molar-refractivity contribution in [2.24, 2.45) is 0 Å². The molecule has 0 saturated carbocycles. The van der Waals surface area contributed by atoms with Gasteiger partial charge in [-0.05, 0) is 37.0 Å². The monoisotopic (exact) mass is 329 g/mol.